The molecule has 0 aliphatic carbocycles. The fourth-order valence-electron chi connectivity index (χ4n) is 5.86. The van der Waals surface area contributed by atoms with Crippen LogP contribution in [0.3, 0.4) is 0 Å². The van der Waals surface area contributed by atoms with Crippen molar-refractivity contribution in [2.75, 3.05) is 47.4 Å². The van der Waals surface area contributed by atoms with Crippen molar-refractivity contribution in [3.05, 3.63) is 95.0 Å². The van der Waals surface area contributed by atoms with Gasteiger partial charge in [-0.05, 0) is 65.7 Å². The van der Waals surface area contributed by atoms with Crippen molar-refractivity contribution >= 4 is 50.5 Å². The van der Waals surface area contributed by atoms with Gasteiger partial charge >= 0.3 is 0 Å². The lowest BCUT2D eigenvalue weighted by Gasteiger charge is -2.37. The van der Waals surface area contributed by atoms with E-state index in [4.69, 9.17) is 11.5 Å². The third kappa shape index (κ3) is 5.30. The van der Waals surface area contributed by atoms with Gasteiger partial charge in [-0.1, -0.05) is 52.0 Å². The number of imidazole rings is 1. The predicted molar refractivity (Wildman–Crippen MR) is 183 cm³/mol. The second-order valence-electron chi connectivity index (χ2n) is 10.3. The van der Waals surface area contributed by atoms with E-state index in [1.165, 1.54) is 6.07 Å². The van der Waals surface area contributed by atoms with Crippen molar-refractivity contribution in [3.63, 3.8) is 0 Å². The summed E-state index contributed by atoms with van der Waals surface area (Å²) in [7, 11) is 1.92. The number of nitrogen functional groups attached to an aromatic ring is 2. The number of benzene rings is 4. The molecule has 0 unspecified atom stereocenters. The molecule has 4 N–H and O–H groups in total. The molecule has 7 rings (SSSR count). The van der Waals surface area contributed by atoms with Crippen molar-refractivity contribution in [1.29, 1.82) is 0 Å². The number of fused-ring (bicyclic) bond motifs is 5. The van der Waals surface area contributed by atoms with Crippen LogP contribution in [0.25, 0.3) is 38.8 Å². The van der Waals surface area contributed by atoms with E-state index in [1.807, 2.05) is 55.8 Å². The van der Waals surface area contributed by atoms with E-state index in [0.717, 1.165) is 59.5 Å². The van der Waals surface area contributed by atoms with Gasteiger partial charge in [-0.15, -0.1) is 0 Å². The lowest BCUT2D eigenvalue weighted by Crippen LogP contribution is -2.46. The Bertz CT molecular complexity index is 1990. The van der Waals surface area contributed by atoms with Gasteiger partial charge in [0.05, 0.1) is 27.6 Å². The highest BCUT2D eigenvalue weighted by Gasteiger charge is 2.20. The molecule has 1 aliphatic rings. The quantitative estimate of drug-likeness (QED) is 0.222. The van der Waals surface area contributed by atoms with Crippen LogP contribution in [-0.2, 0) is 7.05 Å². The zero-order chi connectivity index (χ0) is 31.5. The van der Waals surface area contributed by atoms with E-state index in [0.29, 0.717) is 28.2 Å². The molecule has 9 heteroatoms. The van der Waals surface area contributed by atoms with E-state index in [-0.39, 0.29) is 11.4 Å². The Balaban J connectivity index is 0.000000924. The summed E-state index contributed by atoms with van der Waals surface area (Å²) >= 11 is 0. The van der Waals surface area contributed by atoms with E-state index in [2.05, 4.69) is 57.2 Å². The van der Waals surface area contributed by atoms with Gasteiger partial charge in [0.15, 0.2) is 0 Å². The number of hydrogen-bond donors (Lipinski definition) is 2. The van der Waals surface area contributed by atoms with E-state index in [9.17, 15) is 9.18 Å². The van der Waals surface area contributed by atoms with Crippen LogP contribution >= 0.6 is 0 Å². The third-order valence-corrected chi connectivity index (χ3v) is 7.97. The molecule has 0 saturated carbocycles. The van der Waals surface area contributed by atoms with Crippen molar-refractivity contribution in [2.24, 2.45) is 7.05 Å². The summed E-state index contributed by atoms with van der Waals surface area (Å²) < 4.78 is 18.3. The number of anilines is 4. The number of rotatable bonds is 3. The first kappa shape index (κ1) is 30.4. The summed E-state index contributed by atoms with van der Waals surface area (Å²) in [5, 5.41) is 0.437. The maximum absolute atomic E-state index is 14.4. The summed E-state index contributed by atoms with van der Waals surface area (Å²) in [6.07, 6.45) is 0. The lowest BCUT2D eigenvalue weighted by atomic mass is 10.0. The first-order chi connectivity index (χ1) is 21.4. The Labute approximate surface area is 256 Å². The SMILES string of the molecule is CC.CC.Cn1c2cc(-c3ccc(N4CCN(c5ccc(N)cc5F)CC4)cc3)ccc2n2c3cccc(N)c3c(=O)nc12. The van der Waals surface area contributed by atoms with Gasteiger partial charge in [0, 0.05) is 50.3 Å². The van der Waals surface area contributed by atoms with E-state index < -0.39 is 0 Å². The van der Waals surface area contributed by atoms with Crippen LogP contribution in [0.15, 0.2) is 83.7 Å². The van der Waals surface area contributed by atoms with Gasteiger partial charge in [-0.2, -0.15) is 4.98 Å². The summed E-state index contributed by atoms with van der Waals surface area (Å²) in [4.78, 5) is 21.5. The topological polar surface area (TPSA) is 97.8 Å². The van der Waals surface area contributed by atoms with Crippen molar-refractivity contribution in [1.82, 2.24) is 14.0 Å². The Morgan fingerprint density at radius 1 is 0.727 bits per heavy atom. The van der Waals surface area contributed by atoms with Crippen LogP contribution in [0.1, 0.15) is 27.7 Å². The fraction of sp³-hybridized carbons (Fsp3) is 0.257. The van der Waals surface area contributed by atoms with Crippen molar-refractivity contribution in [3.8, 4) is 11.1 Å². The molecule has 1 aliphatic heterocycles. The predicted octanol–water partition coefficient (Wildman–Crippen LogP) is 6.69. The summed E-state index contributed by atoms with van der Waals surface area (Å²) in [6.45, 7) is 11.1. The second-order valence-corrected chi connectivity index (χ2v) is 10.3. The first-order valence-corrected chi connectivity index (χ1v) is 15.2. The molecule has 2 aromatic heterocycles. The zero-order valence-electron chi connectivity index (χ0n) is 26.0. The minimum atomic E-state index is -0.325. The summed E-state index contributed by atoms with van der Waals surface area (Å²) in [5.41, 5.74) is 18.9. The molecule has 1 fully saturated rings. The molecule has 4 aromatic carbocycles. The highest BCUT2D eigenvalue weighted by Crippen LogP contribution is 2.31. The number of aromatic nitrogens is 3. The molecule has 0 amide bonds. The minimum absolute atomic E-state index is 0.277. The van der Waals surface area contributed by atoms with E-state index in [1.54, 1.807) is 18.2 Å². The zero-order valence-corrected chi connectivity index (χ0v) is 26.0. The maximum atomic E-state index is 14.4. The standard InChI is InChI=1S/C31H28FN7O.2C2H6/c1-36-28-17-20(7-11-26(28)39-27-4-2-3-24(34)29(27)30(40)35-31(36)39)19-5-9-22(10-6-19)37-13-15-38(16-14-37)25-12-8-21(33)18-23(25)32;2*1-2/h2-12,17-18H,13-16,33-34H2,1H3;2*1-2H3. The monoisotopic (exact) mass is 593 g/mol. The van der Waals surface area contributed by atoms with Crippen LogP contribution in [-0.4, -0.2) is 40.1 Å². The molecule has 6 aromatic rings. The van der Waals surface area contributed by atoms with Crippen molar-refractivity contribution in [2.45, 2.75) is 27.7 Å². The van der Waals surface area contributed by atoms with Crippen LogP contribution in [0.5, 0.6) is 0 Å². The molecule has 0 spiro atoms. The number of piperazine rings is 1. The Morgan fingerprint density at radius 3 is 2.07 bits per heavy atom. The molecule has 0 atom stereocenters. The van der Waals surface area contributed by atoms with Gasteiger partial charge in [0.1, 0.15) is 5.82 Å². The summed E-state index contributed by atoms with van der Waals surface area (Å²) in [6, 6.07) is 25.2. The van der Waals surface area contributed by atoms with Gasteiger partial charge < -0.3 is 25.8 Å². The smallest absolute Gasteiger partial charge is 0.284 e. The molecule has 0 bridgehead atoms. The highest BCUT2D eigenvalue weighted by molar-refractivity contribution is 5.96. The number of aryl methyl sites for hydroxylation is 1. The lowest BCUT2D eigenvalue weighted by molar-refractivity contribution is 0.598. The number of halogens is 1. The Morgan fingerprint density at radius 2 is 1.39 bits per heavy atom. The van der Waals surface area contributed by atoms with Gasteiger partial charge in [0.2, 0.25) is 5.78 Å². The van der Waals surface area contributed by atoms with Crippen LogP contribution < -0.4 is 26.8 Å². The number of hydrogen-bond acceptors (Lipinski definition) is 6. The fourth-order valence-corrected chi connectivity index (χ4v) is 5.86. The maximum Gasteiger partial charge on any atom is 0.284 e. The van der Waals surface area contributed by atoms with Gasteiger partial charge in [0.25, 0.3) is 5.56 Å². The number of nitrogens with two attached hydrogens (primary N) is 2. The average molecular weight is 594 g/mol. The Hall–Kier alpha value is -5.05. The molecule has 8 nitrogen and oxygen atoms in total. The van der Waals surface area contributed by atoms with Crippen molar-refractivity contribution < 1.29 is 4.39 Å². The van der Waals surface area contributed by atoms with E-state index >= 15 is 0 Å². The molecule has 3 heterocycles. The average Bonchev–Trinajstić information content (AvgIpc) is 3.34. The first-order valence-electron chi connectivity index (χ1n) is 15.2. The molecular formula is C35H40FN7O. The van der Waals surface area contributed by atoms with Crippen LogP contribution in [0.2, 0.25) is 0 Å². The number of nitrogens with zero attached hydrogens (tertiary/aromatic N) is 5. The van der Waals surface area contributed by atoms with Gasteiger partial charge in [-0.3, -0.25) is 9.20 Å². The highest BCUT2D eigenvalue weighted by atomic mass is 19.1. The van der Waals surface area contributed by atoms with Gasteiger partial charge in [-0.25, -0.2) is 4.39 Å². The molecule has 1 saturated heterocycles. The Kier molecular flexibility index (Phi) is 8.76. The molecule has 0 radical (unpaired) electrons. The molecular weight excluding hydrogens is 553 g/mol. The summed E-state index contributed by atoms with van der Waals surface area (Å²) in [5.74, 6) is 0.296. The normalized spacial score (nSPS) is 13.0. The minimum Gasteiger partial charge on any atom is -0.399 e. The van der Waals surface area contributed by atoms with Crippen LogP contribution in [0, 0.1) is 5.82 Å². The molecule has 44 heavy (non-hydrogen) atoms. The largest absolute Gasteiger partial charge is 0.399 e. The van der Waals surface area contributed by atoms with Crippen LogP contribution in [0.4, 0.5) is 27.1 Å². The molecule has 228 valence electrons. The second kappa shape index (κ2) is 12.7. The third-order valence-electron chi connectivity index (χ3n) is 7.97.